The van der Waals surface area contributed by atoms with E-state index in [1.165, 1.54) is 0 Å². The molecule has 1 aliphatic heterocycles. The average molecular weight is 280 g/mol. The Balaban J connectivity index is 2.38. The van der Waals surface area contributed by atoms with Crippen LogP contribution in [0.25, 0.3) is 0 Å². The van der Waals surface area contributed by atoms with E-state index >= 15 is 0 Å². The normalized spacial score (nSPS) is 26.1. The smallest absolute Gasteiger partial charge is 0.125 e. The summed E-state index contributed by atoms with van der Waals surface area (Å²) in [5.74, 6) is 2.70. The summed E-state index contributed by atoms with van der Waals surface area (Å²) in [5.41, 5.74) is 0.0186. The van der Waals surface area contributed by atoms with Crippen LogP contribution in [0.4, 0.5) is 0 Å². The van der Waals surface area contributed by atoms with Crippen LogP contribution in [-0.2, 0) is 5.60 Å². The number of hydrogen-bond donors (Lipinski definition) is 1. The number of rotatable bonds is 4. The lowest BCUT2D eigenvalue weighted by Gasteiger charge is -2.46. The van der Waals surface area contributed by atoms with Gasteiger partial charge < -0.3 is 9.84 Å². The summed E-state index contributed by atoms with van der Waals surface area (Å²) in [5, 5.41) is 11.2. The number of benzene rings is 1. The van der Waals surface area contributed by atoms with Crippen molar-refractivity contribution in [3.63, 3.8) is 0 Å². The molecule has 2 rings (SSSR count). The molecule has 1 aromatic rings. The molecule has 1 atom stereocenters. The van der Waals surface area contributed by atoms with E-state index in [-0.39, 0.29) is 5.41 Å². The van der Waals surface area contributed by atoms with Gasteiger partial charge in [0, 0.05) is 11.3 Å². The van der Waals surface area contributed by atoms with Gasteiger partial charge in [0.15, 0.2) is 0 Å². The molecule has 1 fully saturated rings. The SMILES string of the molecule is CCCOc1ccccc1C1(O)CSCCC1(C)C. The second-order valence-corrected chi connectivity index (χ2v) is 7.00. The number of thioether (sulfide) groups is 1. The first-order valence-electron chi connectivity index (χ1n) is 7.04. The standard InChI is InChI=1S/C16H24O2S/c1-4-10-18-14-8-6-5-7-13(14)16(17)12-19-11-9-15(16,2)3/h5-8,17H,4,9-12H2,1-3H3. The molecule has 1 unspecified atom stereocenters. The van der Waals surface area contributed by atoms with Gasteiger partial charge in [-0.1, -0.05) is 39.0 Å². The maximum Gasteiger partial charge on any atom is 0.125 e. The summed E-state index contributed by atoms with van der Waals surface area (Å²) in [6.07, 6.45) is 2.00. The fourth-order valence-electron chi connectivity index (χ4n) is 2.54. The van der Waals surface area contributed by atoms with E-state index in [0.717, 1.165) is 35.7 Å². The van der Waals surface area contributed by atoms with Gasteiger partial charge in [0.2, 0.25) is 0 Å². The topological polar surface area (TPSA) is 29.5 Å². The minimum Gasteiger partial charge on any atom is -0.493 e. The average Bonchev–Trinajstić information content (AvgIpc) is 2.40. The predicted molar refractivity (Wildman–Crippen MR) is 81.8 cm³/mol. The highest BCUT2D eigenvalue weighted by Gasteiger charge is 2.48. The minimum atomic E-state index is -0.805. The summed E-state index contributed by atoms with van der Waals surface area (Å²) in [7, 11) is 0. The van der Waals surface area contributed by atoms with Crippen LogP contribution in [-0.4, -0.2) is 23.2 Å². The lowest BCUT2D eigenvalue weighted by Crippen LogP contribution is -2.47. The van der Waals surface area contributed by atoms with Crippen molar-refractivity contribution in [2.75, 3.05) is 18.1 Å². The molecule has 0 aliphatic carbocycles. The van der Waals surface area contributed by atoms with Crippen LogP contribution in [0.5, 0.6) is 5.75 Å². The monoisotopic (exact) mass is 280 g/mol. The maximum atomic E-state index is 11.2. The molecular weight excluding hydrogens is 256 g/mol. The van der Waals surface area contributed by atoms with Gasteiger partial charge in [0.05, 0.1) is 6.61 Å². The van der Waals surface area contributed by atoms with Gasteiger partial charge >= 0.3 is 0 Å². The Hall–Kier alpha value is -0.670. The van der Waals surface area contributed by atoms with Crippen molar-refractivity contribution in [3.8, 4) is 5.75 Å². The van der Waals surface area contributed by atoms with Crippen molar-refractivity contribution in [1.29, 1.82) is 0 Å². The lowest BCUT2D eigenvalue weighted by atomic mass is 9.69. The Bertz CT molecular complexity index is 431. The molecule has 3 heteroatoms. The van der Waals surface area contributed by atoms with E-state index in [4.69, 9.17) is 4.74 Å². The fourth-order valence-corrected chi connectivity index (χ4v) is 4.18. The minimum absolute atomic E-state index is 0.121. The zero-order valence-electron chi connectivity index (χ0n) is 12.1. The first-order valence-corrected chi connectivity index (χ1v) is 8.19. The molecule has 0 spiro atoms. The van der Waals surface area contributed by atoms with E-state index in [0.29, 0.717) is 6.61 Å². The van der Waals surface area contributed by atoms with Crippen molar-refractivity contribution in [2.24, 2.45) is 5.41 Å². The van der Waals surface area contributed by atoms with Crippen molar-refractivity contribution >= 4 is 11.8 Å². The van der Waals surface area contributed by atoms with Crippen LogP contribution in [0.3, 0.4) is 0 Å². The van der Waals surface area contributed by atoms with E-state index in [2.05, 4.69) is 20.8 Å². The Morgan fingerprint density at radius 3 is 2.74 bits per heavy atom. The third kappa shape index (κ3) is 2.77. The summed E-state index contributed by atoms with van der Waals surface area (Å²) in [6.45, 7) is 7.10. The van der Waals surface area contributed by atoms with Crippen LogP contribution in [0.1, 0.15) is 39.2 Å². The van der Waals surface area contributed by atoms with Gasteiger partial charge in [-0.2, -0.15) is 11.8 Å². The molecule has 1 heterocycles. The maximum absolute atomic E-state index is 11.2. The molecule has 1 N–H and O–H groups in total. The molecule has 1 saturated heterocycles. The Kier molecular flexibility index (Phi) is 4.46. The highest BCUT2D eigenvalue weighted by Crippen LogP contribution is 2.50. The number of para-hydroxylation sites is 1. The van der Waals surface area contributed by atoms with Crippen molar-refractivity contribution < 1.29 is 9.84 Å². The fraction of sp³-hybridized carbons (Fsp3) is 0.625. The van der Waals surface area contributed by atoms with E-state index < -0.39 is 5.60 Å². The highest BCUT2D eigenvalue weighted by molar-refractivity contribution is 7.99. The molecule has 106 valence electrons. The second-order valence-electron chi connectivity index (χ2n) is 5.89. The first kappa shape index (κ1) is 14.7. The molecule has 1 aliphatic rings. The van der Waals surface area contributed by atoms with E-state index in [9.17, 15) is 5.11 Å². The van der Waals surface area contributed by atoms with Crippen molar-refractivity contribution in [1.82, 2.24) is 0 Å². The molecule has 2 nitrogen and oxygen atoms in total. The summed E-state index contributed by atoms with van der Waals surface area (Å²) in [4.78, 5) is 0. The Labute approximate surface area is 120 Å². The van der Waals surface area contributed by atoms with Gasteiger partial charge in [0.25, 0.3) is 0 Å². The largest absolute Gasteiger partial charge is 0.493 e. The molecule has 19 heavy (non-hydrogen) atoms. The third-order valence-corrected chi connectivity index (χ3v) is 5.21. The number of aliphatic hydroxyl groups is 1. The Morgan fingerprint density at radius 1 is 1.32 bits per heavy atom. The molecule has 0 radical (unpaired) electrons. The highest BCUT2D eigenvalue weighted by atomic mass is 32.2. The summed E-state index contributed by atoms with van der Waals surface area (Å²) in [6, 6.07) is 7.94. The van der Waals surface area contributed by atoms with Crippen molar-refractivity contribution in [3.05, 3.63) is 29.8 Å². The summed E-state index contributed by atoms with van der Waals surface area (Å²) < 4.78 is 5.83. The molecular formula is C16H24O2S. The van der Waals surface area contributed by atoms with Gasteiger partial charge in [-0.05, 0) is 30.1 Å². The molecule has 0 bridgehead atoms. The first-order chi connectivity index (χ1) is 9.01. The lowest BCUT2D eigenvalue weighted by molar-refractivity contribution is -0.0596. The van der Waals surface area contributed by atoms with Crippen LogP contribution in [0.2, 0.25) is 0 Å². The van der Waals surface area contributed by atoms with Gasteiger partial charge in [-0.15, -0.1) is 0 Å². The Morgan fingerprint density at radius 2 is 2.05 bits per heavy atom. The summed E-state index contributed by atoms with van der Waals surface area (Å²) >= 11 is 1.83. The van der Waals surface area contributed by atoms with E-state index in [1.807, 2.05) is 36.0 Å². The van der Waals surface area contributed by atoms with Gasteiger partial charge in [0.1, 0.15) is 11.4 Å². The quantitative estimate of drug-likeness (QED) is 0.909. The molecule has 0 aromatic heterocycles. The van der Waals surface area contributed by atoms with Crippen LogP contribution < -0.4 is 4.74 Å². The molecule has 0 amide bonds. The van der Waals surface area contributed by atoms with Gasteiger partial charge in [-0.3, -0.25) is 0 Å². The zero-order chi connectivity index (χ0) is 13.9. The second kappa shape index (κ2) is 5.76. The molecule has 0 saturated carbocycles. The molecule has 1 aromatic carbocycles. The van der Waals surface area contributed by atoms with E-state index in [1.54, 1.807) is 0 Å². The number of ether oxygens (including phenoxy) is 1. The number of hydrogen-bond acceptors (Lipinski definition) is 3. The van der Waals surface area contributed by atoms with Crippen molar-refractivity contribution in [2.45, 2.75) is 39.2 Å². The van der Waals surface area contributed by atoms with Crippen LogP contribution in [0.15, 0.2) is 24.3 Å². The van der Waals surface area contributed by atoms with Gasteiger partial charge in [-0.25, -0.2) is 0 Å². The third-order valence-electron chi connectivity index (χ3n) is 4.10. The predicted octanol–water partition coefficient (Wildman–Crippen LogP) is 3.83. The zero-order valence-corrected chi connectivity index (χ0v) is 12.9. The van der Waals surface area contributed by atoms with Crippen LogP contribution >= 0.6 is 11.8 Å². The van der Waals surface area contributed by atoms with Crippen LogP contribution in [0, 0.1) is 5.41 Å².